The molecule has 0 atom stereocenters. The van der Waals surface area contributed by atoms with E-state index in [0.717, 1.165) is 0 Å². The molecule has 0 aliphatic rings. The topological polar surface area (TPSA) is 96.0 Å². The molecule has 1 aromatic carbocycles. The van der Waals surface area contributed by atoms with Crippen LogP contribution >= 0.6 is 0 Å². The summed E-state index contributed by atoms with van der Waals surface area (Å²) in [6, 6.07) is 6.49. The van der Waals surface area contributed by atoms with Crippen LogP contribution < -0.4 is 10.5 Å². The highest BCUT2D eigenvalue weighted by molar-refractivity contribution is 7.92. The van der Waals surface area contributed by atoms with Crippen LogP contribution in [-0.2, 0) is 10.0 Å². The molecule has 0 spiro atoms. The number of nitrogens with one attached hydrogen (secondary N) is 2. The number of hydrogen-bond acceptors (Lipinski definition) is 3. The van der Waals surface area contributed by atoms with Crippen LogP contribution in [0.15, 0.2) is 24.3 Å². The molecule has 0 aliphatic carbocycles. The van der Waals surface area contributed by atoms with Gasteiger partial charge in [-0.3, -0.25) is 10.1 Å². The molecule has 0 saturated heterocycles. The van der Waals surface area contributed by atoms with Gasteiger partial charge in [-0.25, -0.2) is 8.42 Å². The van der Waals surface area contributed by atoms with Gasteiger partial charge < -0.3 is 5.73 Å². The number of hydrogen-bond donors (Lipinski definition) is 3. The van der Waals surface area contributed by atoms with Gasteiger partial charge in [0.05, 0.1) is 5.75 Å². The summed E-state index contributed by atoms with van der Waals surface area (Å²) in [4.78, 5) is 0. The number of nitrogens with two attached hydrogens (primary N) is 1. The molecule has 0 aliphatic heterocycles. The number of rotatable bonds is 4. The number of benzene rings is 1. The molecule has 0 fully saturated rings. The summed E-state index contributed by atoms with van der Waals surface area (Å²) in [7, 11) is -3.40. The van der Waals surface area contributed by atoms with E-state index in [1.807, 2.05) is 20.8 Å². The molecule has 1 rings (SSSR count). The summed E-state index contributed by atoms with van der Waals surface area (Å²) in [5.41, 5.74) is 5.95. The van der Waals surface area contributed by atoms with E-state index in [0.29, 0.717) is 11.3 Å². The Balaban J connectivity index is 2.91. The lowest BCUT2D eigenvalue weighted by Crippen LogP contribution is -2.26. The van der Waals surface area contributed by atoms with Gasteiger partial charge in [-0.2, -0.15) is 0 Å². The van der Waals surface area contributed by atoms with Crippen LogP contribution in [-0.4, -0.2) is 20.0 Å². The van der Waals surface area contributed by atoms with Gasteiger partial charge in [-0.15, -0.1) is 0 Å². The van der Waals surface area contributed by atoms with E-state index in [4.69, 9.17) is 11.1 Å². The Morgan fingerprint density at radius 1 is 1.39 bits per heavy atom. The first-order valence-electron chi connectivity index (χ1n) is 5.54. The first-order valence-corrected chi connectivity index (χ1v) is 7.19. The Labute approximate surface area is 108 Å². The minimum Gasteiger partial charge on any atom is -0.384 e. The number of nitrogen functional groups attached to an aromatic ring is 1. The molecular weight excluding hydrogens is 250 g/mol. The molecule has 0 heterocycles. The van der Waals surface area contributed by atoms with Crippen LogP contribution in [0.25, 0.3) is 0 Å². The van der Waals surface area contributed by atoms with Gasteiger partial charge in [-0.05, 0) is 17.5 Å². The Morgan fingerprint density at radius 3 is 2.50 bits per heavy atom. The lowest BCUT2D eigenvalue weighted by molar-refractivity contribution is 0.463. The Kier molecular flexibility index (Phi) is 4.01. The SMILES string of the molecule is CC(C)(C)CS(=O)(=O)Nc1cccc(C(=N)N)c1. The van der Waals surface area contributed by atoms with Gasteiger partial charge in [0, 0.05) is 11.3 Å². The average Bonchev–Trinajstić information content (AvgIpc) is 2.12. The van der Waals surface area contributed by atoms with Crippen LogP contribution in [0.2, 0.25) is 0 Å². The number of sulfonamides is 1. The van der Waals surface area contributed by atoms with Crippen molar-refractivity contribution in [3.63, 3.8) is 0 Å². The smallest absolute Gasteiger partial charge is 0.233 e. The third kappa shape index (κ3) is 4.75. The lowest BCUT2D eigenvalue weighted by atomic mass is 10.0. The fraction of sp³-hybridized carbons (Fsp3) is 0.417. The number of anilines is 1. The molecule has 100 valence electrons. The van der Waals surface area contributed by atoms with Gasteiger partial charge >= 0.3 is 0 Å². The normalized spacial score (nSPS) is 12.2. The van der Waals surface area contributed by atoms with Crippen molar-refractivity contribution in [1.29, 1.82) is 5.41 Å². The van der Waals surface area contributed by atoms with Gasteiger partial charge in [0.25, 0.3) is 0 Å². The van der Waals surface area contributed by atoms with Crippen molar-refractivity contribution in [2.75, 3.05) is 10.5 Å². The molecule has 1 aromatic rings. The van der Waals surface area contributed by atoms with Gasteiger partial charge in [-0.1, -0.05) is 32.9 Å². The molecule has 18 heavy (non-hydrogen) atoms. The minimum atomic E-state index is -3.40. The van der Waals surface area contributed by atoms with Crippen LogP contribution in [0.1, 0.15) is 26.3 Å². The highest BCUT2D eigenvalue weighted by Gasteiger charge is 2.21. The minimum absolute atomic E-state index is 0.0320. The van der Waals surface area contributed by atoms with E-state index in [1.165, 1.54) is 0 Å². The third-order valence-electron chi connectivity index (χ3n) is 2.07. The van der Waals surface area contributed by atoms with Gasteiger partial charge in [0.15, 0.2) is 0 Å². The van der Waals surface area contributed by atoms with Gasteiger partial charge in [0.1, 0.15) is 5.84 Å². The zero-order chi connectivity index (χ0) is 14.0. The van der Waals surface area contributed by atoms with E-state index >= 15 is 0 Å². The maximum absolute atomic E-state index is 11.9. The van der Waals surface area contributed by atoms with E-state index in [9.17, 15) is 8.42 Å². The average molecular weight is 269 g/mol. The molecule has 0 amide bonds. The second kappa shape index (κ2) is 4.97. The number of amidine groups is 1. The maximum atomic E-state index is 11.9. The fourth-order valence-electron chi connectivity index (χ4n) is 1.54. The maximum Gasteiger partial charge on any atom is 0.233 e. The molecule has 0 unspecified atom stereocenters. The van der Waals surface area contributed by atoms with Crippen molar-refractivity contribution in [2.24, 2.45) is 11.1 Å². The standard InChI is InChI=1S/C12H19N3O2S/c1-12(2,3)8-18(16,17)15-10-6-4-5-9(7-10)11(13)14/h4-7,15H,8H2,1-3H3,(H3,13,14). The van der Waals surface area contributed by atoms with Crippen molar-refractivity contribution < 1.29 is 8.42 Å². The molecule has 4 N–H and O–H groups in total. The monoisotopic (exact) mass is 269 g/mol. The molecule has 0 bridgehead atoms. The van der Waals surface area contributed by atoms with Crippen LogP contribution in [0.5, 0.6) is 0 Å². The fourth-order valence-corrected chi connectivity index (χ4v) is 3.23. The molecule has 6 heteroatoms. The summed E-state index contributed by atoms with van der Waals surface area (Å²) >= 11 is 0. The Hall–Kier alpha value is -1.56. The predicted molar refractivity (Wildman–Crippen MR) is 74.3 cm³/mol. The van der Waals surface area contributed by atoms with Crippen LogP contribution in [0, 0.1) is 10.8 Å². The Morgan fingerprint density at radius 2 is 2.00 bits per heavy atom. The van der Waals surface area contributed by atoms with Crippen molar-refractivity contribution in [3.05, 3.63) is 29.8 Å². The third-order valence-corrected chi connectivity index (χ3v) is 3.86. The summed E-state index contributed by atoms with van der Waals surface area (Å²) in [6.07, 6.45) is 0. The van der Waals surface area contributed by atoms with E-state index < -0.39 is 10.0 Å². The Bertz CT molecular complexity index is 545. The first-order chi connectivity index (χ1) is 8.09. The van der Waals surface area contributed by atoms with Crippen LogP contribution in [0.3, 0.4) is 0 Å². The summed E-state index contributed by atoms with van der Waals surface area (Å²) < 4.78 is 26.3. The zero-order valence-electron chi connectivity index (χ0n) is 10.8. The van der Waals surface area contributed by atoms with E-state index in [1.54, 1.807) is 24.3 Å². The summed E-state index contributed by atoms with van der Waals surface area (Å²) in [5, 5.41) is 7.31. The molecule has 0 saturated carbocycles. The highest BCUT2D eigenvalue weighted by atomic mass is 32.2. The predicted octanol–water partition coefficient (Wildman–Crippen LogP) is 1.76. The second-order valence-electron chi connectivity index (χ2n) is 5.42. The molecule has 0 aromatic heterocycles. The van der Waals surface area contributed by atoms with Crippen molar-refractivity contribution in [2.45, 2.75) is 20.8 Å². The summed E-state index contributed by atoms with van der Waals surface area (Å²) in [5.74, 6) is -0.0588. The van der Waals surface area contributed by atoms with Gasteiger partial charge in [0.2, 0.25) is 10.0 Å². The van der Waals surface area contributed by atoms with Crippen LogP contribution in [0.4, 0.5) is 5.69 Å². The van der Waals surface area contributed by atoms with Crippen molar-refractivity contribution >= 4 is 21.5 Å². The van der Waals surface area contributed by atoms with Crippen molar-refractivity contribution in [3.8, 4) is 0 Å². The van der Waals surface area contributed by atoms with E-state index in [2.05, 4.69) is 4.72 Å². The van der Waals surface area contributed by atoms with E-state index in [-0.39, 0.29) is 17.0 Å². The zero-order valence-corrected chi connectivity index (χ0v) is 11.6. The first kappa shape index (κ1) is 14.5. The molecular formula is C12H19N3O2S. The molecule has 5 nitrogen and oxygen atoms in total. The summed E-state index contributed by atoms with van der Waals surface area (Å²) in [6.45, 7) is 5.58. The molecule has 0 radical (unpaired) electrons. The highest BCUT2D eigenvalue weighted by Crippen LogP contribution is 2.19. The lowest BCUT2D eigenvalue weighted by Gasteiger charge is -2.18. The largest absolute Gasteiger partial charge is 0.384 e. The van der Waals surface area contributed by atoms with Crippen molar-refractivity contribution in [1.82, 2.24) is 0 Å². The quantitative estimate of drug-likeness (QED) is 0.574. The second-order valence-corrected chi connectivity index (χ2v) is 7.14.